The Morgan fingerprint density at radius 3 is 2.39 bits per heavy atom. The van der Waals surface area contributed by atoms with Crippen molar-refractivity contribution in [3.05, 3.63) is 52.8 Å². The van der Waals surface area contributed by atoms with Gasteiger partial charge >= 0.3 is 0 Å². The quantitative estimate of drug-likeness (QED) is 0.722. The van der Waals surface area contributed by atoms with Crippen LogP contribution in [0.4, 0.5) is 5.69 Å². The second-order valence-electron chi connectivity index (χ2n) is 6.52. The predicted octanol–water partition coefficient (Wildman–Crippen LogP) is 4.70. The van der Waals surface area contributed by atoms with Gasteiger partial charge in [0, 0.05) is 35.2 Å². The molecule has 3 heteroatoms. The first-order chi connectivity index (χ1) is 10.8. The largest absolute Gasteiger partial charge is 0.364 e. The zero-order valence-corrected chi connectivity index (χ0v) is 15.2. The summed E-state index contributed by atoms with van der Waals surface area (Å²) in [5.41, 5.74) is 5.40. The Bertz CT molecular complexity index is 698. The zero-order chi connectivity index (χ0) is 17.1. The molecule has 0 spiro atoms. The van der Waals surface area contributed by atoms with Gasteiger partial charge in [0.2, 0.25) is 0 Å². The van der Waals surface area contributed by atoms with E-state index in [-0.39, 0.29) is 5.78 Å². The molecule has 0 atom stereocenters. The molecule has 0 aliphatic heterocycles. The fourth-order valence-electron chi connectivity index (χ4n) is 3.32. The van der Waals surface area contributed by atoms with E-state index in [1.165, 1.54) is 5.56 Å². The molecular weight excluding hydrogens is 284 g/mol. The third-order valence-electron chi connectivity index (χ3n) is 4.38. The molecule has 0 N–H and O–H groups in total. The molecule has 23 heavy (non-hydrogen) atoms. The van der Waals surface area contributed by atoms with Gasteiger partial charge in [-0.15, -0.1) is 0 Å². The van der Waals surface area contributed by atoms with Crippen molar-refractivity contribution in [2.45, 2.75) is 47.6 Å². The predicted molar refractivity (Wildman–Crippen MR) is 97.7 cm³/mol. The van der Waals surface area contributed by atoms with E-state index in [0.717, 1.165) is 29.2 Å². The van der Waals surface area contributed by atoms with Crippen LogP contribution in [0.25, 0.3) is 0 Å². The van der Waals surface area contributed by atoms with Crippen molar-refractivity contribution >= 4 is 11.5 Å². The SMILES string of the molecule is CCN(CC(=O)c1cc(C)n(C(C)C)c1C)c1cccc(C)c1. The maximum absolute atomic E-state index is 12.8. The number of hydrogen-bond donors (Lipinski definition) is 0. The van der Waals surface area contributed by atoms with E-state index in [1.807, 2.05) is 19.1 Å². The van der Waals surface area contributed by atoms with Crippen LogP contribution in [0.2, 0.25) is 0 Å². The van der Waals surface area contributed by atoms with Crippen LogP contribution in [0.1, 0.15) is 54.1 Å². The standard InChI is InChI=1S/C20H28N2O/c1-7-21(18-10-8-9-15(4)11-18)13-20(23)19-12-16(5)22(14(2)3)17(19)6/h8-12,14H,7,13H2,1-6H3. The monoisotopic (exact) mass is 312 g/mol. The average Bonchev–Trinajstić information content (AvgIpc) is 2.79. The van der Waals surface area contributed by atoms with Crippen molar-refractivity contribution in [3.63, 3.8) is 0 Å². The van der Waals surface area contributed by atoms with Crippen molar-refractivity contribution < 1.29 is 4.79 Å². The van der Waals surface area contributed by atoms with E-state index in [2.05, 4.69) is 62.3 Å². The van der Waals surface area contributed by atoms with Gasteiger partial charge in [-0.25, -0.2) is 0 Å². The van der Waals surface area contributed by atoms with Crippen LogP contribution in [0.15, 0.2) is 30.3 Å². The number of hydrogen-bond acceptors (Lipinski definition) is 2. The lowest BCUT2D eigenvalue weighted by atomic mass is 10.1. The Labute approximate surface area is 139 Å². The minimum absolute atomic E-state index is 0.188. The zero-order valence-electron chi connectivity index (χ0n) is 15.2. The average molecular weight is 312 g/mol. The van der Waals surface area contributed by atoms with E-state index in [4.69, 9.17) is 0 Å². The maximum atomic E-state index is 12.8. The number of aromatic nitrogens is 1. The van der Waals surface area contributed by atoms with Crippen molar-refractivity contribution in [3.8, 4) is 0 Å². The third-order valence-corrected chi connectivity index (χ3v) is 4.38. The summed E-state index contributed by atoms with van der Waals surface area (Å²) in [6.07, 6.45) is 0. The second kappa shape index (κ2) is 7.03. The molecule has 0 saturated heterocycles. The van der Waals surface area contributed by atoms with Crippen LogP contribution >= 0.6 is 0 Å². The number of carbonyl (C=O) groups excluding carboxylic acids is 1. The minimum atomic E-state index is 0.188. The van der Waals surface area contributed by atoms with E-state index in [1.54, 1.807) is 0 Å². The first kappa shape index (κ1) is 17.3. The van der Waals surface area contributed by atoms with Crippen LogP contribution in [-0.2, 0) is 0 Å². The first-order valence-corrected chi connectivity index (χ1v) is 8.38. The smallest absolute Gasteiger partial charge is 0.183 e. The molecule has 1 aromatic heterocycles. The number of nitrogens with zero attached hydrogens (tertiary/aromatic N) is 2. The van der Waals surface area contributed by atoms with Gasteiger partial charge in [0.05, 0.1) is 6.54 Å². The van der Waals surface area contributed by atoms with Crippen molar-refractivity contribution in [2.75, 3.05) is 18.0 Å². The highest BCUT2D eigenvalue weighted by Gasteiger charge is 2.19. The summed E-state index contributed by atoms with van der Waals surface area (Å²) in [4.78, 5) is 15.0. The molecule has 3 nitrogen and oxygen atoms in total. The molecule has 2 aromatic rings. The summed E-state index contributed by atoms with van der Waals surface area (Å²) in [7, 11) is 0. The summed E-state index contributed by atoms with van der Waals surface area (Å²) in [6.45, 7) is 13.8. The fraction of sp³-hybridized carbons (Fsp3) is 0.450. The van der Waals surface area contributed by atoms with Gasteiger partial charge < -0.3 is 9.47 Å². The van der Waals surface area contributed by atoms with Gasteiger partial charge in [0.15, 0.2) is 5.78 Å². The molecule has 1 heterocycles. The summed E-state index contributed by atoms with van der Waals surface area (Å²) in [5.74, 6) is 0.188. The first-order valence-electron chi connectivity index (χ1n) is 8.38. The molecule has 0 unspecified atom stereocenters. The lowest BCUT2D eigenvalue weighted by molar-refractivity contribution is 0.0998. The number of aryl methyl sites for hydroxylation is 2. The Kier molecular flexibility index (Phi) is 5.30. The molecule has 1 aromatic carbocycles. The Morgan fingerprint density at radius 2 is 1.87 bits per heavy atom. The molecule has 2 rings (SSSR count). The van der Waals surface area contributed by atoms with E-state index in [9.17, 15) is 4.79 Å². The van der Waals surface area contributed by atoms with Crippen molar-refractivity contribution in [1.82, 2.24) is 4.57 Å². The van der Waals surface area contributed by atoms with Crippen molar-refractivity contribution in [1.29, 1.82) is 0 Å². The summed E-state index contributed by atoms with van der Waals surface area (Å²) in [6, 6.07) is 10.7. The van der Waals surface area contributed by atoms with Crippen LogP contribution in [0.3, 0.4) is 0 Å². The molecule has 0 radical (unpaired) electrons. The summed E-state index contributed by atoms with van der Waals surface area (Å²) in [5, 5.41) is 0. The van der Waals surface area contributed by atoms with Gasteiger partial charge in [-0.2, -0.15) is 0 Å². The number of carbonyl (C=O) groups is 1. The van der Waals surface area contributed by atoms with Gasteiger partial charge in [-0.3, -0.25) is 4.79 Å². The molecular formula is C20H28N2O. The lowest BCUT2D eigenvalue weighted by Gasteiger charge is -2.23. The Morgan fingerprint density at radius 1 is 1.17 bits per heavy atom. The molecule has 0 bridgehead atoms. The van der Waals surface area contributed by atoms with E-state index >= 15 is 0 Å². The molecule has 124 valence electrons. The topological polar surface area (TPSA) is 25.2 Å². The van der Waals surface area contributed by atoms with Crippen LogP contribution in [0.5, 0.6) is 0 Å². The normalized spacial score (nSPS) is 11.1. The van der Waals surface area contributed by atoms with Crippen LogP contribution in [0, 0.1) is 20.8 Å². The number of anilines is 1. The summed E-state index contributed by atoms with van der Waals surface area (Å²) < 4.78 is 2.23. The Balaban J connectivity index is 2.26. The highest BCUT2D eigenvalue weighted by molar-refractivity contribution is 6.00. The molecule has 0 amide bonds. The number of Topliss-reactive ketones (excluding diaryl/α,β-unsaturated/α-hetero) is 1. The van der Waals surface area contributed by atoms with Crippen molar-refractivity contribution in [2.24, 2.45) is 0 Å². The number of rotatable bonds is 6. The highest BCUT2D eigenvalue weighted by Crippen LogP contribution is 2.22. The molecule has 0 fully saturated rings. The van der Waals surface area contributed by atoms with E-state index < -0.39 is 0 Å². The number of ketones is 1. The highest BCUT2D eigenvalue weighted by atomic mass is 16.1. The van der Waals surface area contributed by atoms with Gasteiger partial charge in [0.25, 0.3) is 0 Å². The third kappa shape index (κ3) is 3.66. The molecule has 0 aliphatic rings. The number of benzene rings is 1. The fourth-order valence-corrected chi connectivity index (χ4v) is 3.32. The van der Waals surface area contributed by atoms with Gasteiger partial charge in [0.1, 0.15) is 0 Å². The summed E-state index contributed by atoms with van der Waals surface area (Å²) >= 11 is 0. The van der Waals surface area contributed by atoms with Gasteiger partial charge in [-0.1, -0.05) is 12.1 Å². The number of likely N-dealkylation sites (N-methyl/N-ethyl adjacent to an activating group) is 1. The molecule has 0 aliphatic carbocycles. The minimum Gasteiger partial charge on any atom is -0.364 e. The van der Waals surface area contributed by atoms with Gasteiger partial charge in [-0.05, 0) is 65.3 Å². The molecule has 0 saturated carbocycles. The van der Waals surface area contributed by atoms with E-state index in [0.29, 0.717) is 12.6 Å². The lowest BCUT2D eigenvalue weighted by Crippen LogP contribution is -2.29. The van der Waals surface area contributed by atoms with Crippen LogP contribution < -0.4 is 4.90 Å². The second-order valence-corrected chi connectivity index (χ2v) is 6.52. The maximum Gasteiger partial charge on any atom is 0.183 e. The Hall–Kier alpha value is -2.03. The van der Waals surface area contributed by atoms with Crippen LogP contribution in [-0.4, -0.2) is 23.4 Å².